The minimum atomic E-state index is 0.188. The molecular weight excluding hydrogens is 364 g/mol. The van der Waals surface area contributed by atoms with Crippen molar-refractivity contribution in [2.75, 3.05) is 13.1 Å². The van der Waals surface area contributed by atoms with Gasteiger partial charge >= 0.3 is 0 Å². The van der Waals surface area contributed by atoms with E-state index in [1.54, 1.807) is 11.3 Å². The molecule has 3 nitrogen and oxygen atoms in total. The van der Waals surface area contributed by atoms with Crippen LogP contribution in [0.15, 0.2) is 47.8 Å². The fourth-order valence-electron chi connectivity index (χ4n) is 6.63. The number of carbonyl (C=O) groups is 1. The molecule has 0 radical (unpaired) electrons. The number of quaternary nitrogens is 1. The van der Waals surface area contributed by atoms with E-state index in [1.165, 1.54) is 49.0 Å². The Morgan fingerprint density at radius 1 is 1.04 bits per heavy atom. The zero-order valence-corrected chi connectivity index (χ0v) is 17.3. The average Bonchev–Trinajstić information content (AvgIpc) is 3.21. The van der Waals surface area contributed by atoms with Crippen LogP contribution in [0.3, 0.4) is 0 Å². The quantitative estimate of drug-likeness (QED) is 0.737. The van der Waals surface area contributed by atoms with Gasteiger partial charge in [0.2, 0.25) is 0 Å². The van der Waals surface area contributed by atoms with Crippen molar-refractivity contribution in [3.8, 4) is 0 Å². The maximum Gasteiger partial charge on any atom is 0.275 e. The van der Waals surface area contributed by atoms with Crippen LogP contribution in [-0.4, -0.2) is 19.0 Å². The van der Waals surface area contributed by atoms with Crippen LogP contribution in [0.5, 0.6) is 0 Å². The molecule has 4 aliphatic carbocycles. The topological polar surface area (TPSA) is 45.7 Å². The molecule has 0 unspecified atom stereocenters. The molecule has 4 bridgehead atoms. The highest BCUT2D eigenvalue weighted by Crippen LogP contribution is 2.59. The van der Waals surface area contributed by atoms with Gasteiger partial charge in [0, 0.05) is 12.1 Å². The van der Waals surface area contributed by atoms with Crippen LogP contribution in [0, 0.1) is 23.2 Å². The lowest BCUT2D eigenvalue weighted by Gasteiger charge is -2.56. The average molecular weight is 396 g/mol. The van der Waals surface area contributed by atoms with Crippen LogP contribution < -0.4 is 10.6 Å². The van der Waals surface area contributed by atoms with Crippen molar-refractivity contribution >= 4 is 17.2 Å². The standard InChI is InChI=1S/C24H30N2OS/c27-22(26-16-24-12-17-9-18(13-24)11-19(10-17)14-24)15-25-23(21-7-4-8-28-21)20-5-2-1-3-6-20/h1-8,17-19,23,25H,9-16H2,(H,26,27)/p+1/t17?,18?,19?,23-,24?/m1/s1. The third-order valence-corrected chi connectivity index (χ3v) is 8.33. The van der Waals surface area contributed by atoms with E-state index >= 15 is 0 Å². The SMILES string of the molecule is O=C(C[NH2+][C@H](c1ccccc1)c1cccs1)NCC12CC3CC(CC(C3)C1)C2. The summed E-state index contributed by atoms with van der Waals surface area (Å²) in [6, 6.07) is 15.0. The summed E-state index contributed by atoms with van der Waals surface area (Å²) in [6.45, 7) is 1.39. The van der Waals surface area contributed by atoms with Gasteiger partial charge in [0.05, 0.1) is 4.88 Å². The number of thiophene rings is 1. The van der Waals surface area contributed by atoms with Gasteiger partial charge in [-0.25, -0.2) is 0 Å². The highest BCUT2D eigenvalue weighted by Gasteiger charge is 2.50. The van der Waals surface area contributed by atoms with Gasteiger partial charge in [-0.15, -0.1) is 11.3 Å². The molecule has 1 amide bonds. The molecule has 3 N–H and O–H groups in total. The molecule has 4 heteroatoms. The van der Waals surface area contributed by atoms with E-state index in [2.05, 4.69) is 52.4 Å². The lowest BCUT2D eigenvalue weighted by atomic mass is 9.49. The third-order valence-electron chi connectivity index (χ3n) is 7.37. The van der Waals surface area contributed by atoms with E-state index in [-0.39, 0.29) is 11.9 Å². The summed E-state index contributed by atoms with van der Waals surface area (Å²) < 4.78 is 0. The first-order chi connectivity index (χ1) is 13.7. The zero-order valence-electron chi connectivity index (χ0n) is 16.5. The van der Waals surface area contributed by atoms with E-state index in [0.717, 1.165) is 24.3 Å². The van der Waals surface area contributed by atoms with Gasteiger partial charge in [-0.05, 0) is 73.1 Å². The first kappa shape index (κ1) is 18.4. The molecule has 0 saturated heterocycles. The number of hydrogen-bond donors (Lipinski definition) is 2. The minimum absolute atomic E-state index is 0.188. The van der Waals surface area contributed by atoms with Crippen LogP contribution in [0.4, 0.5) is 0 Å². The Hall–Kier alpha value is -1.65. The van der Waals surface area contributed by atoms with Crippen LogP contribution in [-0.2, 0) is 4.79 Å². The predicted octanol–water partition coefficient (Wildman–Crippen LogP) is 3.73. The number of nitrogens with one attached hydrogen (secondary N) is 1. The minimum Gasteiger partial charge on any atom is -0.351 e. The Kier molecular flexibility index (Phi) is 5.02. The van der Waals surface area contributed by atoms with Crippen molar-refractivity contribution in [3.05, 3.63) is 58.3 Å². The van der Waals surface area contributed by atoms with Crippen molar-refractivity contribution in [1.82, 2.24) is 5.32 Å². The summed E-state index contributed by atoms with van der Waals surface area (Å²) in [5.74, 6) is 3.01. The smallest absolute Gasteiger partial charge is 0.275 e. The summed E-state index contributed by atoms with van der Waals surface area (Å²) in [5, 5.41) is 7.63. The van der Waals surface area contributed by atoms with E-state index in [9.17, 15) is 4.79 Å². The fourth-order valence-corrected chi connectivity index (χ4v) is 7.49. The molecule has 6 rings (SSSR count). The number of hydrogen-bond acceptors (Lipinski definition) is 2. The van der Waals surface area contributed by atoms with Crippen LogP contribution in [0.25, 0.3) is 0 Å². The summed E-state index contributed by atoms with van der Waals surface area (Å²) in [4.78, 5) is 14.0. The second-order valence-electron chi connectivity index (χ2n) is 9.54. The van der Waals surface area contributed by atoms with Crippen LogP contribution >= 0.6 is 11.3 Å². The van der Waals surface area contributed by atoms with E-state index < -0.39 is 0 Å². The van der Waals surface area contributed by atoms with Gasteiger partial charge in [-0.3, -0.25) is 4.79 Å². The van der Waals surface area contributed by atoms with Crippen LogP contribution in [0.2, 0.25) is 0 Å². The van der Waals surface area contributed by atoms with Crippen molar-refractivity contribution in [1.29, 1.82) is 0 Å². The number of amides is 1. The summed E-state index contributed by atoms with van der Waals surface area (Å²) in [5.41, 5.74) is 1.68. The molecule has 28 heavy (non-hydrogen) atoms. The zero-order chi connectivity index (χ0) is 19.0. The van der Waals surface area contributed by atoms with E-state index in [1.807, 2.05) is 6.07 Å². The molecule has 1 aromatic heterocycles. The Labute approximate surface area is 171 Å². The molecule has 4 aliphatic rings. The van der Waals surface area contributed by atoms with E-state index in [4.69, 9.17) is 0 Å². The number of benzene rings is 1. The molecule has 0 aliphatic heterocycles. The highest BCUT2D eigenvalue weighted by molar-refractivity contribution is 7.10. The maximum absolute atomic E-state index is 12.7. The molecule has 2 aromatic rings. The Bertz CT molecular complexity index is 766. The van der Waals surface area contributed by atoms with E-state index in [0.29, 0.717) is 12.0 Å². The molecule has 1 atom stereocenters. The van der Waals surface area contributed by atoms with Crippen LogP contribution in [0.1, 0.15) is 55.0 Å². The number of carbonyl (C=O) groups excluding carboxylic acids is 1. The predicted molar refractivity (Wildman–Crippen MR) is 113 cm³/mol. The second-order valence-corrected chi connectivity index (χ2v) is 10.5. The van der Waals surface area contributed by atoms with Crippen molar-refractivity contribution < 1.29 is 10.1 Å². The Morgan fingerprint density at radius 2 is 1.71 bits per heavy atom. The summed E-state index contributed by atoms with van der Waals surface area (Å²) in [6.07, 6.45) is 8.43. The van der Waals surface area contributed by atoms with Crippen molar-refractivity contribution in [2.24, 2.45) is 23.2 Å². The van der Waals surface area contributed by atoms with Gasteiger partial charge < -0.3 is 10.6 Å². The van der Waals surface area contributed by atoms with Gasteiger partial charge in [0.25, 0.3) is 5.91 Å². The van der Waals surface area contributed by atoms with Crippen molar-refractivity contribution in [2.45, 2.75) is 44.6 Å². The normalized spacial score (nSPS) is 31.6. The van der Waals surface area contributed by atoms with Crippen molar-refractivity contribution in [3.63, 3.8) is 0 Å². The van der Waals surface area contributed by atoms with Gasteiger partial charge in [-0.2, -0.15) is 0 Å². The second kappa shape index (κ2) is 7.64. The number of nitrogens with two attached hydrogens (primary N) is 1. The molecule has 1 heterocycles. The lowest BCUT2D eigenvalue weighted by Crippen LogP contribution is -2.87. The van der Waals surface area contributed by atoms with Gasteiger partial charge in [0.15, 0.2) is 6.54 Å². The third kappa shape index (κ3) is 3.77. The highest BCUT2D eigenvalue weighted by atomic mass is 32.1. The molecule has 4 saturated carbocycles. The Morgan fingerprint density at radius 3 is 2.32 bits per heavy atom. The molecule has 1 aromatic carbocycles. The molecule has 0 spiro atoms. The monoisotopic (exact) mass is 395 g/mol. The molecular formula is C24H31N2OS+. The maximum atomic E-state index is 12.7. The lowest BCUT2D eigenvalue weighted by molar-refractivity contribution is -0.676. The summed E-state index contributed by atoms with van der Waals surface area (Å²) in [7, 11) is 0. The Balaban J connectivity index is 1.19. The van der Waals surface area contributed by atoms with Gasteiger partial charge in [0.1, 0.15) is 6.04 Å². The molecule has 148 valence electrons. The number of rotatable bonds is 7. The largest absolute Gasteiger partial charge is 0.351 e. The first-order valence-corrected chi connectivity index (χ1v) is 11.8. The summed E-state index contributed by atoms with van der Waals surface area (Å²) >= 11 is 1.77. The van der Waals surface area contributed by atoms with Gasteiger partial charge in [-0.1, -0.05) is 36.4 Å². The first-order valence-electron chi connectivity index (χ1n) is 10.9. The fraction of sp³-hybridized carbons (Fsp3) is 0.542. The molecule has 4 fully saturated rings.